The Bertz CT molecular complexity index is 413. The predicted octanol–water partition coefficient (Wildman–Crippen LogP) is 2.77. The fourth-order valence-corrected chi connectivity index (χ4v) is 1.82. The maximum Gasteiger partial charge on any atom is 0.333 e. The third kappa shape index (κ3) is 8.62. The van der Waals surface area contributed by atoms with Gasteiger partial charge < -0.3 is 14.8 Å². The second-order valence-electron chi connectivity index (χ2n) is 5.13. The van der Waals surface area contributed by atoms with Crippen LogP contribution in [0.3, 0.4) is 0 Å². The van der Waals surface area contributed by atoms with Gasteiger partial charge in [0.2, 0.25) is 0 Å². The molecule has 0 saturated heterocycles. The fraction of sp³-hybridized carbons (Fsp3) is 0.647. The first-order valence-electron chi connectivity index (χ1n) is 7.83. The molecule has 0 bridgehead atoms. The number of nitrogens with one attached hydrogen (secondary N) is 1. The van der Waals surface area contributed by atoms with Crippen molar-refractivity contribution in [2.24, 2.45) is 0 Å². The summed E-state index contributed by atoms with van der Waals surface area (Å²) in [6, 6.07) is 0. The van der Waals surface area contributed by atoms with Crippen molar-refractivity contribution in [1.29, 1.82) is 0 Å². The van der Waals surface area contributed by atoms with Gasteiger partial charge in [-0.25, -0.2) is 9.59 Å². The van der Waals surface area contributed by atoms with Gasteiger partial charge in [-0.3, -0.25) is 0 Å². The maximum atomic E-state index is 12.0. The highest BCUT2D eigenvalue weighted by Gasteiger charge is 2.11. The lowest BCUT2D eigenvalue weighted by atomic mass is 10.0. The second kappa shape index (κ2) is 12.0. The van der Waals surface area contributed by atoms with E-state index in [1.165, 1.54) is 0 Å². The van der Waals surface area contributed by atoms with E-state index in [9.17, 15) is 9.59 Å². The Kier molecular flexibility index (Phi) is 11.1. The van der Waals surface area contributed by atoms with E-state index in [-0.39, 0.29) is 19.2 Å². The first kappa shape index (κ1) is 20.4. The van der Waals surface area contributed by atoms with Crippen molar-refractivity contribution in [2.45, 2.75) is 47.0 Å². The van der Waals surface area contributed by atoms with Crippen molar-refractivity contribution in [3.05, 3.63) is 23.3 Å². The molecule has 0 aromatic carbocycles. The van der Waals surface area contributed by atoms with Crippen LogP contribution >= 0.6 is 0 Å². The van der Waals surface area contributed by atoms with Crippen LogP contribution in [0, 0.1) is 0 Å². The van der Waals surface area contributed by atoms with Gasteiger partial charge in [-0.2, -0.15) is 0 Å². The number of carbonyl (C=O) groups is 2. The third-order valence-electron chi connectivity index (χ3n) is 3.19. The van der Waals surface area contributed by atoms with Crippen LogP contribution in [-0.2, 0) is 19.1 Å². The second-order valence-corrected chi connectivity index (χ2v) is 5.13. The molecule has 1 N–H and O–H groups in total. The van der Waals surface area contributed by atoms with Gasteiger partial charge in [0.25, 0.3) is 0 Å². The molecule has 0 saturated carbocycles. The molecular weight excluding hydrogens is 282 g/mol. The summed E-state index contributed by atoms with van der Waals surface area (Å²) in [6.07, 6.45) is 2.75. The molecule has 126 valence electrons. The first-order chi connectivity index (χ1) is 10.4. The zero-order valence-corrected chi connectivity index (χ0v) is 14.3. The summed E-state index contributed by atoms with van der Waals surface area (Å²) < 4.78 is 9.99. The van der Waals surface area contributed by atoms with Crippen molar-refractivity contribution in [1.82, 2.24) is 5.32 Å². The standard InChI is InChI=1S/C17H29NO4/c1-6-9-18-10-8-15(7-2)14(5)17(20)22-12-11-21-16(19)13(3)4/h18H,3,6-12H2,1-2,4-5H3. The van der Waals surface area contributed by atoms with Crippen molar-refractivity contribution < 1.29 is 19.1 Å². The monoisotopic (exact) mass is 311 g/mol. The molecule has 0 fully saturated rings. The summed E-state index contributed by atoms with van der Waals surface area (Å²) >= 11 is 0. The van der Waals surface area contributed by atoms with E-state index in [0.29, 0.717) is 11.1 Å². The molecule has 0 aliphatic rings. The molecule has 0 aromatic rings. The normalized spacial score (nSPS) is 11.6. The molecule has 0 aliphatic heterocycles. The van der Waals surface area contributed by atoms with E-state index in [4.69, 9.17) is 9.47 Å². The van der Waals surface area contributed by atoms with Gasteiger partial charge in [-0.15, -0.1) is 0 Å². The fourth-order valence-electron chi connectivity index (χ4n) is 1.82. The van der Waals surface area contributed by atoms with Crippen LogP contribution in [0.5, 0.6) is 0 Å². The number of ether oxygens (including phenoxy) is 2. The van der Waals surface area contributed by atoms with Crippen molar-refractivity contribution in [3.63, 3.8) is 0 Å². The first-order valence-corrected chi connectivity index (χ1v) is 7.83. The van der Waals surface area contributed by atoms with Gasteiger partial charge in [0.1, 0.15) is 13.2 Å². The highest BCUT2D eigenvalue weighted by Crippen LogP contribution is 2.13. The van der Waals surface area contributed by atoms with E-state index in [0.717, 1.165) is 37.9 Å². The molecule has 22 heavy (non-hydrogen) atoms. The molecule has 0 rings (SSSR count). The van der Waals surface area contributed by atoms with Crippen molar-refractivity contribution in [2.75, 3.05) is 26.3 Å². The molecule has 0 amide bonds. The number of hydrogen-bond acceptors (Lipinski definition) is 5. The molecule has 0 aromatic heterocycles. The minimum Gasteiger partial charge on any atom is -0.459 e. The Balaban J connectivity index is 4.21. The van der Waals surface area contributed by atoms with Gasteiger partial charge in [0, 0.05) is 11.1 Å². The highest BCUT2D eigenvalue weighted by atomic mass is 16.6. The summed E-state index contributed by atoms with van der Waals surface area (Å²) in [6.45, 7) is 12.9. The van der Waals surface area contributed by atoms with E-state index < -0.39 is 5.97 Å². The number of esters is 2. The average Bonchev–Trinajstić information content (AvgIpc) is 2.50. The van der Waals surface area contributed by atoms with Gasteiger partial charge in [0.15, 0.2) is 0 Å². The summed E-state index contributed by atoms with van der Waals surface area (Å²) in [4.78, 5) is 23.1. The van der Waals surface area contributed by atoms with Crippen LogP contribution < -0.4 is 5.32 Å². The Morgan fingerprint density at radius 3 is 2.09 bits per heavy atom. The van der Waals surface area contributed by atoms with Crippen LogP contribution in [0.1, 0.15) is 47.0 Å². The van der Waals surface area contributed by atoms with Crippen LogP contribution in [0.2, 0.25) is 0 Å². The average molecular weight is 311 g/mol. The Hall–Kier alpha value is -1.62. The SMILES string of the molecule is C=C(C)C(=O)OCCOC(=O)C(C)=C(CC)CCNCCC. The summed E-state index contributed by atoms with van der Waals surface area (Å²) in [5.74, 6) is -0.821. The molecular formula is C17H29NO4. The molecule has 0 spiro atoms. The Morgan fingerprint density at radius 2 is 1.59 bits per heavy atom. The smallest absolute Gasteiger partial charge is 0.333 e. The van der Waals surface area contributed by atoms with Crippen LogP contribution in [0.25, 0.3) is 0 Å². The Morgan fingerprint density at radius 1 is 1.00 bits per heavy atom. The van der Waals surface area contributed by atoms with E-state index in [1.54, 1.807) is 13.8 Å². The molecule has 0 aliphatic carbocycles. The molecule has 0 heterocycles. The molecule has 5 heteroatoms. The topological polar surface area (TPSA) is 64.6 Å². The molecule has 0 atom stereocenters. The van der Waals surface area contributed by atoms with E-state index in [1.807, 2.05) is 6.92 Å². The minimum atomic E-state index is -0.473. The number of rotatable bonds is 11. The van der Waals surface area contributed by atoms with Gasteiger partial charge in [-0.05, 0) is 46.2 Å². The number of hydrogen-bond donors (Lipinski definition) is 1. The highest BCUT2D eigenvalue weighted by molar-refractivity contribution is 5.89. The van der Waals surface area contributed by atoms with Crippen molar-refractivity contribution >= 4 is 11.9 Å². The van der Waals surface area contributed by atoms with E-state index in [2.05, 4.69) is 18.8 Å². The zero-order valence-electron chi connectivity index (χ0n) is 14.3. The van der Waals surface area contributed by atoms with Gasteiger partial charge in [-0.1, -0.05) is 26.0 Å². The lowest BCUT2D eigenvalue weighted by molar-refractivity contribution is -0.147. The molecule has 0 radical (unpaired) electrons. The summed E-state index contributed by atoms with van der Waals surface area (Å²) in [5, 5.41) is 3.32. The van der Waals surface area contributed by atoms with Crippen LogP contribution in [0.15, 0.2) is 23.3 Å². The lowest BCUT2D eigenvalue weighted by Gasteiger charge is -2.11. The Labute approximate surface area is 133 Å². The maximum absolute atomic E-state index is 12.0. The van der Waals surface area contributed by atoms with E-state index >= 15 is 0 Å². The largest absolute Gasteiger partial charge is 0.459 e. The van der Waals surface area contributed by atoms with Gasteiger partial charge in [0.05, 0.1) is 0 Å². The summed E-state index contributed by atoms with van der Waals surface area (Å²) in [7, 11) is 0. The summed E-state index contributed by atoms with van der Waals surface area (Å²) in [5.41, 5.74) is 2.06. The zero-order chi connectivity index (χ0) is 17.0. The predicted molar refractivity (Wildman–Crippen MR) is 87.5 cm³/mol. The van der Waals surface area contributed by atoms with Crippen LogP contribution in [0.4, 0.5) is 0 Å². The molecule has 0 unspecified atom stereocenters. The third-order valence-corrected chi connectivity index (χ3v) is 3.19. The lowest BCUT2D eigenvalue weighted by Crippen LogP contribution is -2.18. The minimum absolute atomic E-state index is 0.0459. The van der Waals surface area contributed by atoms with Crippen LogP contribution in [-0.4, -0.2) is 38.2 Å². The molecule has 5 nitrogen and oxygen atoms in total. The quantitative estimate of drug-likeness (QED) is 0.361. The van der Waals surface area contributed by atoms with Gasteiger partial charge >= 0.3 is 11.9 Å². The van der Waals surface area contributed by atoms with Crippen molar-refractivity contribution in [3.8, 4) is 0 Å². The number of carbonyl (C=O) groups excluding carboxylic acids is 2.